The standard InChI is InChI=1S/C7H10N2O3/c1-4(2)5-3-6(9-12-5)8-7(10)11/h3-4H,1-2H3,(H,8,9)(H,10,11). The monoisotopic (exact) mass is 170 g/mol. The fourth-order valence-electron chi connectivity index (χ4n) is 0.730. The first-order chi connectivity index (χ1) is 5.59. The van der Waals surface area contributed by atoms with Crippen molar-refractivity contribution in [1.82, 2.24) is 5.16 Å². The second-order valence-electron chi connectivity index (χ2n) is 2.70. The van der Waals surface area contributed by atoms with Gasteiger partial charge in [-0.15, -0.1) is 0 Å². The molecule has 0 aliphatic rings. The van der Waals surface area contributed by atoms with Crippen LogP contribution in [-0.2, 0) is 0 Å². The third-order valence-corrected chi connectivity index (χ3v) is 1.33. The molecule has 0 saturated carbocycles. The molecule has 0 spiro atoms. The molecule has 1 aromatic heterocycles. The van der Waals surface area contributed by atoms with Gasteiger partial charge in [-0.05, 0) is 0 Å². The number of hydrogen-bond donors (Lipinski definition) is 2. The molecule has 5 nitrogen and oxygen atoms in total. The van der Waals surface area contributed by atoms with Crippen LogP contribution in [0.3, 0.4) is 0 Å². The smallest absolute Gasteiger partial charge is 0.410 e. The van der Waals surface area contributed by atoms with Crippen molar-refractivity contribution in [2.75, 3.05) is 5.32 Å². The van der Waals surface area contributed by atoms with E-state index in [1.165, 1.54) is 0 Å². The van der Waals surface area contributed by atoms with Crippen LogP contribution < -0.4 is 5.32 Å². The number of carboxylic acid groups (broad SMARTS) is 1. The summed E-state index contributed by atoms with van der Waals surface area (Å²) >= 11 is 0. The van der Waals surface area contributed by atoms with Crippen molar-refractivity contribution in [3.05, 3.63) is 11.8 Å². The van der Waals surface area contributed by atoms with Crippen LogP contribution >= 0.6 is 0 Å². The maximum absolute atomic E-state index is 10.2. The van der Waals surface area contributed by atoms with Gasteiger partial charge in [-0.25, -0.2) is 4.79 Å². The van der Waals surface area contributed by atoms with Crippen LogP contribution in [0.5, 0.6) is 0 Å². The molecule has 0 fully saturated rings. The van der Waals surface area contributed by atoms with Gasteiger partial charge in [-0.3, -0.25) is 5.32 Å². The minimum atomic E-state index is -1.14. The molecule has 0 aliphatic heterocycles. The number of rotatable bonds is 2. The van der Waals surface area contributed by atoms with Crippen LogP contribution in [0, 0.1) is 0 Å². The summed E-state index contributed by atoms with van der Waals surface area (Å²) in [5, 5.41) is 13.9. The molecule has 66 valence electrons. The first kappa shape index (κ1) is 8.58. The van der Waals surface area contributed by atoms with Crippen LogP contribution in [0.25, 0.3) is 0 Å². The van der Waals surface area contributed by atoms with Crippen LogP contribution in [0.15, 0.2) is 10.6 Å². The molecule has 1 aromatic rings. The number of nitrogens with zero attached hydrogens (tertiary/aromatic N) is 1. The minimum absolute atomic E-state index is 0.210. The van der Waals surface area contributed by atoms with E-state index in [0.717, 1.165) is 0 Å². The van der Waals surface area contributed by atoms with Gasteiger partial charge in [0.1, 0.15) is 5.76 Å². The van der Waals surface area contributed by atoms with Crippen molar-refractivity contribution in [2.24, 2.45) is 0 Å². The topological polar surface area (TPSA) is 75.4 Å². The Bertz CT molecular complexity index is 280. The zero-order valence-electron chi connectivity index (χ0n) is 6.87. The minimum Gasteiger partial charge on any atom is -0.465 e. The molecule has 5 heteroatoms. The van der Waals surface area contributed by atoms with Crippen LogP contribution in [0.4, 0.5) is 10.6 Å². The van der Waals surface area contributed by atoms with Crippen molar-refractivity contribution >= 4 is 11.9 Å². The number of aromatic nitrogens is 1. The number of hydrogen-bond acceptors (Lipinski definition) is 3. The predicted octanol–water partition coefficient (Wildman–Crippen LogP) is 1.89. The second kappa shape index (κ2) is 3.25. The summed E-state index contributed by atoms with van der Waals surface area (Å²) in [6, 6.07) is 1.57. The van der Waals surface area contributed by atoms with Crippen LogP contribution in [0.1, 0.15) is 25.5 Å². The molecule has 0 bridgehead atoms. The number of anilines is 1. The van der Waals surface area contributed by atoms with Gasteiger partial charge in [-0.2, -0.15) is 0 Å². The first-order valence-electron chi connectivity index (χ1n) is 3.56. The Kier molecular flexibility index (Phi) is 2.32. The molecule has 1 amide bonds. The van der Waals surface area contributed by atoms with E-state index >= 15 is 0 Å². The lowest BCUT2D eigenvalue weighted by molar-refractivity contribution is 0.209. The Balaban J connectivity index is 2.70. The van der Waals surface area contributed by atoms with Crippen LogP contribution in [0.2, 0.25) is 0 Å². The van der Waals surface area contributed by atoms with Gasteiger partial charge in [-0.1, -0.05) is 19.0 Å². The molecule has 1 rings (SSSR count). The summed E-state index contributed by atoms with van der Waals surface area (Å²) in [6.45, 7) is 3.87. The SMILES string of the molecule is CC(C)c1cc(NC(=O)O)no1. The number of carbonyl (C=O) groups is 1. The molecule has 12 heavy (non-hydrogen) atoms. The Morgan fingerprint density at radius 1 is 1.75 bits per heavy atom. The van der Waals surface area contributed by atoms with Crippen LogP contribution in [-0.4, -0.2) is 16.4 Å². The van der Waals surface area contributed by atoms with Crippen molar-refractivity contribution < 1.29 is 14.4 Å². The van der Waals surface area contributed by atoms with Gasteiger partial charge in [0.25, 0.3) is 0 Å². The average molecular weight is 170 g/mol. The fraction of sp³-hybridized carbons (Fsp3) is 0.429. The van der Waals surface area contributed by atoms with Gasteiger partial charge >= 0.3 is 6.09 Å². The maximum Gasteiger partial charge on any atom is 0.410 e. The van der Waals surface area contributed by atoms with E-state index in [2.05, 4.69) is 10.5 Å². The van der Waals surface area contributed by atoms with Gasteiger partial charge in [0.05, 0.1) is 0 Å². The highest BCUT2D eigenvalue weighted by molar-refractivity contribution is 5.81. The highest BCUT2D eigenvalue weighted by Crippen LogP contribution is 2.17. The molecular weight excluding hydrogens is 160 g/mol. The lowest BCUT2D eigenvalue weighted by Crippen LogP contribution is -2.06. The number of nitrogens with one attached hydrogen (secondary N) is 1. The first-order valence-corrected chi connectivity index (χ1v) is 3.56. The quantitative estimate of drug-likeness (QED) is 0.710. The third-order valence-electron chi connectivity index (χ3n) is 1.33. The van der Waals surface area contributed by atoms with Gasteiger partial charge in [0.15, 0.2) is 5.82 Å². The van der Waals surface area contributed by atoms with E-state index in [1.807, 2.05) is 13.8 Å². The van der Waals surface area contributed by atoms with Crippen molar-refractivity contribution in [1.29, 1.82) is 0 Å². The highest BCUT2D eigenvalue weighted by Gasteiger charge is 2.08. The summed E-state index contributed by atoms with van der Waals surface area (Å²) in [7, 11) is 0. The molecule has 0 atom stereocenters. The van der Waals surface area contributed by atoms with E-state index in [4.69, 9.17) is 9.63 Å². The maximum atomic E-state index is 10.2. The predicted molar refractivity (Wildman–Crippen MR) is 42.2 cm³/mol. The Morgan fingerprint density at radius 2 is 2.42 bits per heavy atom. The normalized spacial score (nSPS) is 10.2. The second-order valence-corrected chi connectivity index (χ2v) is 2.70. The lowest BCUT2D eigenvalue weighted by Gasteiger charge is -1.93. The van der Waals surface area contributed by atoms with Crippen molar-refractivity contribution in [3.63, 3.8) is 0 Å². The summed E-state index contributed by atoms with van der Waals surface area (Å²) < 4.78 is 4.85. The van der Waals surface area contributed by atoms with Gasteiger partial charge < -0.3 is 9.63 Å². The fourth-order valence-corrected chi connectivity index (χ4v) is 0.730. The van der Waals surface area contributed by atoms with E-state index in [9.17, 15) is 4.79 Å². The molecule has 1 heterocycles. The van der Waals surface area contributed by atoms with Gasteiger partial charge in [0.2, 0.25) is 0 Å². The lowest BCUT2D eigenvalue weighted by atomic mass is 10.2. The summed E-state index contributed by atoms with van der Waals surface area (Å²) in [5.74, 6) is 1.10. The largest absolute Gasteiger partial charge is 0.465 e. The van der Waals surface area contributed by atoms with E-state index in [0.29, 0.717) is 5.76 Å². The Morgan fingerprint density at radius 3 is 2.83 bits per heavy atom. The van der Waals surface area contributed by atoms with Gasteiger partial charge in [0, 0.05) is 12.0 Å². The molecule has 0 saturated heterocycles. The highest BCUT2D eigenvalue weighted by atomic mass is 16.5. The molecular formula is C7H10N2O3. The third kappa shape index (κ3) is 1.98. The summed E-state index contributed by atoms with van der Waals surface area (Å²) in [5.41, 5.74) is 0. The Labute approximate surface area is 69.4 Å². The number of amides is 1. The molecule has 0 aromatic carbocycles. The Hall–Kier alpha value is -1.52. The van der Waals surface area contributed by atoms with E-state index in [-0.39, 0.29) is 11.7 Å². The molecule has 0 radical (unpaired) electrons. The van der Waals surface area contributed by atoms with Crippen molar-refractivity contribution in [2.45, 2.75) is 19.8 Å². The average Bonchev–Trinajstić information content (AvgIpc) is 2.34. The molecule has 0 aliphatic carbocycles. The summed E-state index contributed by atoms with van der Waals surface area (Å²) in [6.07, 6.45) is -1.14. The van der Waals surface area contributed by atoms with E-state index in [1.54, 1.807) is 6.07 Å². The van der Waals surface area contributed by atoms with E-state index < -0.39 is 6.09 Å². The van der Waals surface area contributed by atoms with Crippen molar-refractivity contribution in [3.8, 4) is 0 Å². The molecule has 0 unspecified atom stereocenters. The summed E-state index contributed by atoms with van der Waals surface area (Å²) in [4.78, 5) is 10.2. The zero-order chi connectivity index (χ0) is 9.14. The zero-order valence-corrected chi connectivity index (χ0v) is 6.87. The molecule has 2 N–H and O–H groups in total.